The lowest BCUT2D eigenvalue weighted by molar-refractivity contribution is -0.162. The fraction of sp³-hybridized carbons (Fsp3) is 0.467. The molecule has 20 heavy (non-hydrogen) atoms. The van der Waals surface area contributed by atoms with Gasteiger partial charge in [-0.2, -0.15) is 0 Å². The number of ketones is 1. The molecule has 0 bridgehead atoms. The van der Waals surface area contributed by atoms with Gasteiger partial charge >= 0.3 is 5.97 Å². The lowest BCUT2D eigenvalue weighted by Crippen LogP contribution is -2.39. The van der Waals surface area contributed by atoms with Crippen LogP contribution >= 0.6 is 11.6 Å². The van der Waals surface area contributed by atoms with Crippen LogP contribution < -0.4 is 5.73 Å². The van der Waals surface area contributed by atoms with Crippen LogP contribution in [0.5, 0.6) is 0 Å². The molecule has 2 N–H and O–H groups in total. The van der Waals surface area contributed by atoms with Gasteiger partial charge in [-0.25, -0.2) is 0 Å². The molecule has 2 atom stereocenters. The standard InChI is InChI=1S/C15H20ClNO3/c1-15(2,3)20-14(19)12(11(18)9-16)13(17)10-7-5-4-6-8-10/h4-8,12-13H,9,17H2,1-3H3. The highest BCUT2D eigenvalue weighted by atomic mass is 35.5. The van der Waals surface area contributed by atoms with Crippen molar-refractivity contribution in [1.82, 2.24) is 0 Å². The molecule has 0 amide bonds. The average Bonchev–Trinajstić information content (AvgIpc) is 2.37. The summed E-state index contributed by atoms with van der Waals surface area (Å²) in [5.74, 6) is -2.43. The fourth-order valence-electron chi connectivity index (χ4n) is 1.79. The SMILES string of the molecule is CC(C)(C)OC(=O)C(C(=O)CCl)C(N)c1ccccc1. The van der Waals surface area contributed by atoms with E-state index in [-0.39, 0.29) is 5.88 Å². The Balaban J connectivity index is 3.01. The lowest BCUT2D eigenvalue weighted by Gasteiger charge is -2.26. The molecule has 0 aliphatic rings. The zero-order valence-electron chi connectivity index (χ0n) is 11.9. The lowest BCUT2D eigenvalue weighted by atomic mass is 9.90. The van der Waals surface area contributed by atoms with E-state index >= 15 is 0 Å². The first-order valence-electron chi connectivity index (χ1n) is 6.38. The van der Waals surface area contributed by atoms with E-state index in [4.69, 9.17) is 22.1 Å². The molecule has 0 saturated carbocycles. The molecule has 0 saturated heterocycles. The van der Waals surface area contributed by atoms with E-state index in [9.17, 15) is 9.59 Å². The zero-order chi connectivity index (χ0) is 15.3. The predicted molar refractivity (Wildman–Crippen MR) is 78.4 cm³/mol. The number of nitrogens with two attached hydrogens (primary N) is 1. The van der Waals surface area contributed by atoms with E-state index in [0.717, 1.165) is 0 Å². The van der Waals surface area contributed by atoms with Gasteiger partial charge < -0.3 is 10.5 Å². The summed E-state index contributed by atoms with van der Waals surface area (Å²) >= 11 is 5.58. The van der Waals surface area contributed by atoms with Crippen LogP contribution in [0.1, 0.15) is 32.4 Å². The Hall–Kier alpha value is -1.39. The molecule has 0 heterocycles. The number of halogens is 1. The molecule has 0 radical (unpaired) electrons. The van der Waals surface area contributed by atoms with Crippen LogP contribution in [0.2, 0.25) is 0 Å². The molecule has 1 aromatic carbocycles. The van der Waals surface area contributed by atoms with Gasteiger partial charge in [-0.05, 0) is 26.3 Å². The number of rotatable bonds is 5. The Kier molecular flexibility index (Phi) is 5.72. The molecular weight excluding hydrogens is 278 g/mol. The summed E-state index contributed by atoms with van der Waals surface area (Å²) < 4.78 is 5.27. The largest absolute Gasteiger partial charge is 0.459 e. The van der Waals surface area contributed by atoms with E-state index in [1.807, 2.05) is 6.07 Å². The summed E-state index contributed by atoms with van der Waals surface area (Å²) in [4.78, 5) is 24.1. The van der Waals surface area contributed by atoms with Gasteiger partial charge in [0, 0.05) is 0 Å². The third-order valence-electron chi connectivity index (χ3n) is 2.68. The number of hydrogen-bond acceptors (Lipinski definition) is 4. The number of hydrogen-bond donors (Lipinski definition) is 1. The van der Waals surface area contributed by atoms with Gasteiger partial charge in [0.1, 0.15) is 11.5 Å². The first-order chi connectivity index (χ1) is 9.26. The predicted octanol–water partition coefficient (Wildman–Crippen LogP) is 2.45. The maximum absolute atomic E-state index is 12.2. The van der Waals surface area contributed by atoms with Crippen molar-refractivity contribution in [3.63, 3.8) is 0 Å². The number of ether oxygens (including phenoxy) is 1. The Morgan fingerprint density at radius 1 is 1.25 bits per heavy atom. The zero-order valence-corrected chi connectivity index (χ0v) is 12.7. The number of esters is 1. The number of alkyl halides is 1. The molecule has 4 nitrogen and oxygen atoms in total. The van der Waals surface area contributed by atoms with Gasteiger partial charge in [-0.1, -0.05) is 30.3 Å². The van der Waals surface area contributed by atoms with Crippen molar-refractivity contribution in [2.24, 2.45) is 11.7 Å². The average molecular weight is 298 g/mol. The monoisotopic (exact) mass is 297 g/mol. The van der Waals surface area contributed by atoms with Crippen LogP contribution in [-0.2, 0) is 14.3 Å². The molecule has 0 aliphatic carbocycles. The Bertz CT molecular complexity index is 468. The third-order valence-corrected chi connectivity index (χ3v) is 2.95. The number of Topliss-reactive ketones (excluding diaryl/α,β-unsaturated/α-hetero) is 1. The van der Waals surface area contributed by atoms with Crippen molar-refractivity contribution < 1.29 is 14.3 Å². The summed E-state index contributed by atoms with van der Waals surface area (Å²) in [5.41, 5.74) is 6.07. The maximum atomic E-state index is 12.2. The molecule has 2 unspecified atom stereocenters. The van der Waals surface area contributed by atoms with Crippen molar-refractivity contribution in [2.45, 2.75) is 32.4 Å². The van der Waals surface area contributed by atoms with Gasteiger partial charge in [-0.15, -0.1) is 11.6 Å². The minimum Gasteiger partial charge on any atom is -0.459 e. The topological polar surface area (TPSA) is 69.4 Å². The van der Waals surface area contributed by atoms with E-state index in [1.54, 1.807) is 45.0 Å². The van der Waals surface area contributed by atoms with Crippen molar-refractivity contribution in [1.29, 1.82) is 0 Å². The van der Waals surface area contributed by atoms with E-state index in [0.29, 0.717) is 5.56 Å². The smallest absolute Gasteiger partial charge is 0.319 e. The van der Waals surface area contributed by atoms with Crippen LogP contribution in [0, 0.1) is 5.92 Å². The molecule has 110 valence electrons. The van der Waals surface area contributed by atoms with E-state index in [1.165, 1.54) is 0 Å². The molecule has 0 fully saturated rings. The second kappa shape index (κ2) is 6.86. The first kappa shape index (κ1) is 16.7. The fourth-order valence-corrected chi connectivity index (χ4v) is 1.96. The van der Waals surface area contributed by atoms with Crippen LogP contribution in [-0.4, -0.2) is 23.2 Å². The van der Waals surface area contributed by atoms with Crippen LogP contribution in [0.15, 0.2) is 30.3 Å². The Morgan fingerprint density at radius 2 is 1.80 bits per heavy atom. The highest BCUT2D eigenvalue weighted by Crippen LogP contribution is 2.24. The second-order valence-corrected chi connectivity index (χ2v) is 5.81. The molecule has 1 rings (SSSR count). The molecular formula is C15H20ClNO3. The Labute approximate surface area is 124 Å². The van der Waals surface area contributed by atoms with Gasteiger partial charge in [-0.3, -0.25) is 9.59 Å². The minimum absolute atomic E-state index is 0.273. The molecule has 0 aliphatic heterocycles. The summed E-state index contributed by atoms with van der Waals surface area (Å²) in [6.07, 6.45) is 0. The van der Waals surface area contributed by atoms with Crippen molar-refractivity contribution in [2.75, 3.05) is 5.88 Å². The summed E-state index contributed by atoms with van der Waals surface area (Å²) in [6.45, 7) is 5.21. The first-order valence-corrected chi connectivity index (χ1v) is 6.92. The molecule has 0 spiro atoms. The van der Waals surface area contributed by atoms with Crippen LogP contribution in [0.3, 0.4) is 0 Å². The molecule has 0 aromatic heterocycles. The number of carbonyl (C=O) groups excluding carboxylic acids is 2. The number of carbonyl (C=O) groups is 2. The third kappa shape index (κ3) is 4.62. The van der Waals surface area contributed by atoms with Gasteiger partial charge in [0.05, 0.1) is 11.9 Å². The van der Waals surface area contributed by atoms with Crippen LogP contribution in [0.4, 0.5) is 0 Å². The van der Waals surface area contributed by atoms with Gasteiger partial charge in [0.2, 0.25) is 0 Å². The van der Waals surface area contributed by atoms with Crippen molar-refractivity contribution >= 4 is 23.4 Å². The quantitative estimate of drug-likeness (QED) is 0.515. The molecule has 5 heteroatoms. The maximum Gasteiger partial charge on any atom is 0.319 e. The highest BCUT2D eigenvalue weighted by Gasteiger charge is 2.36. The Morgan fingerprint density at radius 3 is 2.25 bits per heavy atom. The van der Waals surface area contributed by atoms with Crippen molar-refractivity contribution in [3.05, 3.63) is 35.9 Å². The summed E-state index contributed by atoms with van der Waals surface area (Å²) in [7, 11) is 0. The van der Waals surface area contributed by atoms with E-state index in [2.05, 4.69) is 0 Å². The minimum atomic E-state index is -1.09. The van der Waals surface area contributed by atoms with Crippen molar-refractivity contribution in [3.8, 4) is 0 Å². The normalized spacial score (nSPS) is 14.4. The molecule has 1 aromatic rings. The van der Waals surface area contributed by atoms with Gasteiger partial charge in [0.25, 0.3) is 0 Å². The van der Waals surface area contributed by atoms with E-state index < -0.39 is 29.3 Å². The van der Waals surface area contributed by atoms with Gasteiger partial charge in [0.15, 0.2) is 5.78 Å². The van der Waals surface area contributed by atoms with Crippen LogP contribution in [0.25, 0.3) is 0 Å². The second-order valence-electron chi connectivity index (χ2n) is 5.55. The summed E-state index contributed by atoms with van der Waals surface area (Å²) in [6, 6.07) is 8.20. The highest BCUT2D eigenvalue weighted by molar-refractivity contribution is 6.29. The summed E-state index contributed by atoms with van der Waals surface area (Å²) in [5, 5.41) is 0. The number of benzene rings is 1.